The van der Waals surface area contributed by atoms with Crippen molar-refractivity contribution in [3.63, 3.8) is 0 Å². The van der Waals surface area contributed by atoms with Gasteiger partial charge in [-0.3, -0.25) is 4.79 Å². The molecule has 9 heteroatoms. The van der Waals surface area contributed by atoms with E-state index in [-0.39, 0.29) is 0 Å². The van der Waals surface area contributed by atoms with Crippen molar-refractivity contribution in [1.29, 1.82) is 0 Å². The lowest BCUT2D eigenvalue weighted by molar-refractivity contribution is -0.115. The van der Waals surface area contributed by atoms with Crippen molar-refractivity contribution < 1.29 is 22.8 Å². The molecule has 0 saturated heterocycles. The van der Waals surface area contributed by atoms with Gasteiger partial charge in [-0.15, -0.1) is 11.3 Å². The van der Waals surface area contributed by atoms with Gasteiger partial charge in [0.05, 0.1) is 12.2 Å². The van der Waals surface area contributed by atoms with Crippen molar-refractivity contribution in [1.82, 2.24) is 10.6 Å². The first-order valence-electron chi connectivity index (χ1n) is 6.95. The number of benzene rings is 1. The molecular formula is C15H14F3N3O2S. The standard InChI is InChI=1S/C15H14F3N3O2S/c16-10-3-4-11(14(18)13(10)17)21-12(22)8-20-15(23)19-6-5-9-2-1-7-24-9/h1-4,7H,5-6,8H2,(H,21,22)(H2,19,20,23). The third-order valence-corrected chi connectivity index (χ3v) is 3.89. The van der Waals surface area contributed by atoms with E-state index in [2.05, 4.69) is 16.0 Å². The van der Waals surface area contributed by atoms with Crippen molar-refractivity contribution in [2.75, 3.05) is 18.4 Å². The highest BCUT2D eigenvalue weighted by molar-refractivity contribution is 7.09. The second-order valence-electron chi connectivity index (χ2n) is 4.71. The third-order valence-electron chi connectivity index (χ3n) is 2.96. The summed E-state index contributed by atoms with van der Waals surface area (Å²) in [5.41, 5.74) is -0.501. The maximum Gasteiger partial charge on any atom is 0.315 e. The lowest BCUT2D eigenvalue weighted by Crippen LogP contribution is -2.40. The Morgan fingerprint density at radius 2 is 1.83 bits per heavy atom. The largest absolute Gasteiger partial charge is 0.338 e. The number of hydrogen-bond donors (Lipinski definition) is 3. The van der Waals surface area contributed by atoms with Crippen LogP contribution in [0.15, 0.2) is 29.6 Å². The Hall–Kier alpha value is -2.55. The number of urea groups is 1. The highest BCUT2D eigenvalue weighted by Crippen LogP contribution is 2.19. The molecule has 3 amide bonds. The summed E-state index contributed by atoms with van der Waals surface area (Å²) >= 11 is 1.57. The Morgan fingerprint density at radius 3 is 2.54 bits per heavy atom. The lowest BCUT2D eigenvalue weighted by Gasteiger charge is -2.09. The number of rotatable bonds is 6. The van der Waals surface area contributed by atoms with E-state index in [4.69, 9.17) is 0 Å². The average molecular weight is 357 g/mol. The van der Waals surface area contributed by atoms with E-state index in [1.54, 1.807) is 11.3 Å². The first kappa shape index (κ1) is 17.8. The van der Waals surface area contributed by atoms with Gasteiger partial charge < -0.3 is 16.0 Å². The topological polar surface area (TPSA) is 70.2 Å². The Kier molecular flexibility index (Phi) is 6.19. The first-order chi connectivity index (χ1) is 11.5. The molecule has 5 nitrogen and oxygen atoms in total. The summed E-state index contributed by atoms with van der Waals surface area (Å²) < 4.78 is 39.2. The van der Waals surface area contributed by atoms with Crippen LogP contribution in [0.3, 0.4) is 0 Å². The average Bonchev–Trinajstić information content (AvgIpc) is 3.07. The smallest absolute Gasteiger partial charge is 0.315 e. The number of anilines is 1. The fourth-order valence-electron chi connectivity index (χ4n) is 1.79. The van der Waals surface area contributed by atoms with Crippen LogP contribution in [-0.4, -0.2) is 25.0 Å². The van der Waals surface area contributed by atoms with Gasteiger partial charge in [0.25, 0.3) is 0 Å². The highest BCUT2D eigenvalue weighted by atomic mass is 32.1. The molecule has 0 bridgehead atoms. The normalized spacial score (nSPS) is 10.3. The van der Waals surface area contributed by atoms with E-state index in [0.717, 1.165) is 10.9 Å². The summed E-state index contributed by atoms with van der Waals surface area (Å²) in [6.07, 6.45) is 0.664. The van der Waals surface area contributed by atoms with Crippen LogP contribution in [0.2, 0.25) is 0 Å². The van der Waals surface area contributed by atoms with Crippen LogP contribution >= 0.6 is 11.3 Å². The van der Waals surface area contributed by atoms with Crippen LogP contribution in [0.1, 0.15) is 4.88 Å². The fraction of sp³-hybridized carbons (Fsp3) is 0.200. The van der Waals surface area contributed by atoms with Gasteiger partial charge in [-0.2, -0.15) is 0 Å². The van der Waals surface area contributed by atoms with Crippen LogP contribution in [0.4, 0.5) is 23.7 Å². The molecule has 0 fully saturated rings. The molecule has 2 rings (SSSR count). The summed E-state index contributed by atoms with van der Waals surface area (Å²) in [4.78, 5) is 24.2. The Labute approximate surface area is 139 Å². The molecule has 0 radical (unpaired) electrons. The molecule has 1 aromatic carbocycles. The molecule has 128 valence electrons. The number of carbonyl (C=O) groups excluding carboxylic acids is 2. The molecule has 0 spiro atoms. The molecule has 3 N–H and O–H groups in total. The van der Waals surface area contributed by atoms with Gasteiger partial charge in [0.1, 0.15) is 0 Å². The summed E-state index contributed by atoms with van der Waals surface area (Å²) in [6, 6.07) is 4.87. The first-order valence-corrected chi connectivity index (χ1v) is 7.82. The predicted octanol–water partition coefficient (Wildman–Crippen LogP) is 2.65. The van der Waals surface area contributed by atoms with Crippen LogP contribution in [-0.2, 0) is 11.2 Å². The van der Waals surface area contributed by atoms with Gasteiger partial charge in [-0.05, 0) is 30.0 Å². The minimum absolute atomic E-state index is 0.395. The van der Waals surface area contributed by atoms with E-state index in [9.17, 15) is 22.8 Å². The van der Waals surface area contributed by atoms with E-state index < -0.39 is 41.6 Å². The van der Waals surface area contributed by atoms with Gasteiger partial charge in [-0.25, -0.2) is 18.0 Å². The zero-order valence-electron chi connectivity index (χ0n) is 12.4. The lowest BCUT2D eigenvalue weighted by atomic mass is 10.2. The van der Waals surface area contributed by atoms with Gasteiger partial charge in [0.2, 0.25) is 5.91 Å². The predicted molar refractivity (Wildman–Crippen MR) is 84.4 cm³/mol. The quantitative estimate of drug-likeness (QED) is 0.696. The van der Waals surface area contributed by atoms with Gasteiger partial charge in [-0.1, -0.05) is 6.07 Å². The zero-order chi connectivity index (χ0) is 17.5. The zero-order valence-corrected chi connectivity index (χ0v) is 13.2. The molecule has 1 aromatic heterocycles. The Morgan fingerprint density at radius 1 is 1.04 bits per heavy atom. The van der Waals surface area contributed by atoms with Crippen LogP contribution < -0.4 is 16.0 Å². The van der Waals surface area contributed by atoms with E-state index in [1.165, 1.54) is 0 Å². The number of nitrogens with one attached hydrogen (secondary N) is 3. The molecule has 24 heavy (non-hydrogen) atoms. The van der Waals surface area contributed by atoms with Crippen molar-refractivity contribution in [2.45, 2.75) is 6.42 Å². The molecule has 0 aliphatic rings. The summed E-state index contributed by atoms with van der Waals surface area (Å²) in [6.45, 7) is -0.0466. The van der Waals surface area contributed by atoms with Crippen LogP contribution in [0.5, 0.6) is 0 Å². The minimum Gasteiger partial charge on any atom is -0.338 e. The number of carbonyl (C=O) groups is 2. The Balaban J connectivity index is 1.72. The molecule has 2 aromatic rings. The SMILES string of the molecule is O=C(CNC(=O)NCCc1cccs1)Nc1ccc(F)c(F)c1F. The number of hydrogen-bond acceptors (Lipinski definition) is 3. The second-order valence-corrected chi connectivity index (χ2v) is 5.74. The monoisotopic (exact) mass is 357 g/mol. The third kappa shape index (κ3) is 4.98. The van der Waals surface area contributed by atoms with Crippen LogP contribution in [0.25, 0.3) is 0 Å². The van der Waals surface area contributed by atoms with E-state index in [0.29, 0.717) is 19.0 Å². The Bertz CT molecular complexity index is 723. The molecule has 0 unspecified atom stereocenters. The van der Waals surface area contributed by atoms with Crippen LogP contribution in [0, 0.1) is 17.5 Å². The summed E-state index contributed by atoms with van der Waals surface area (Å²) in [5, 5.41) is 8.82. The molecule has 0 atom stereocenters. The van der Waals surface area contributed by atoms with Crippen molar-refractivity contribution in [2.24, 2.45) is 0 Å². The minimum atomic E-state index is -1.67. The molecule has 0 aliphatic heterocycles. The number of amides is 3. The van der Waals surface area contributed by atoms with Crippen molar-refractivity contribution in [3.8, 4) is 0 Å². The number of halogens is 3. The molecular weight excluding hydrogens is 343 g/mol. The maximum atomic E-state index is 13.4. The van der Waals surface area contributed by atoms with Crippen molar-refractivity contribution >= 4 is 29.0 Å². The van der Waals surface area contributed by atoms with E-state index in [1.807, 2.05) is 17.5 Å². The second kappa shape index (κ2) is 8.34. The molecule has 0 aliphatic carbocycles. The van der Waals surface area contributed by atoms with Crippen molar-refractivity contribution in [3.05, 3.63) is 52.0 Å². The van der Waals surface area contributed by atoms with Gasteiger partial charge >= 0.3 is 6.03 Å². The molecule has 1 heterocycles. The summed E-state index contributed by atoms with van der Waals surface area (Å²) in [5.74, 6) is -5.29. The fourth-order valence-corrected chi connectivity index (χ4v) is 2.50. The molecule has 0 saturated carbocycles. The van der Waals surface area contributed by atoms with Gasteiger partial charge in [0.15, 0.2) is 17.5 Å². The maximum absolute atomic E-state index is 13.4. The van der Waals surface area contributed by atoms with Gasteiger partial charge in [0, 0.05) is 11.4 Å². The number of thiophene rings is 1. The highest BCUT2D eigenvalue weighted by Gasteiger charge is 2.15. The van der Waals surface area contributed by atoms with E-state index >= 15 is 0 Å². The summed E-state index contributed by atoms with van der Waals surface area (Å²) in [7, 11) is 0.